The van der Waals surface area contributed by atoms with Crippen LogP contribution < -0.4 is 5.32 Å². The molecule has 0 radical (unpaired) electrons. The molecule has 1 aliphatic heterocycles. The van der Waals surface area contributed by atoms with Gasteiger partial charge in [0.2, 0.25) is 0 Å². The van der Waals surface area contributed by atoms with Crippen LogP contribution >= 0.6 is 23.2 Å². The van der Waals surface area contributed by atoms with Crippen molar-refractivity contribution in [3.63, 3.8) is 0 Å². The molecule has 5 rings (SSSR count). The molecular weight excluding hydrogens is 463 g/mol. The highest BCUT2D eigenvalue weighted by atomic mass is 35.5. The highest BCUT2D eigenvalue weighted by Gasteiger charge is 2.25. The van der Waals surface area contributed by atoms with Gasteiger partial charge in [-0.15, -0.1) is 0 Å². The van der Waals surface area contributed by atoms with Crippen molar-refractivity contribution in [2.45, 2.75) is 26.0 Å². The molecule has 0 saturated carbocycles. The van der Waals surface area contributed by atoms with E-state index < -0.39 is 0 Å². The molecular formula is C23H22Cl2N6O2. The first-order valence-corrected chi connectivity index (χ1v) is 11.4. The zero-order valence-electron chi connectivity index (χ0n) is 18.1. The first-order valence-electron chi connectivity index (χ1n) is 10.7. The van der Waals surface area contributed by atoms with Crippen molar-refractivity contribution < 1.29 is 9.53 Å². The molecule has 1 aliphatic rings. The Labute approximate surface area is 200 Å². The molecule has 1 amide bonds. The van der Waals surface area contributed by atoms with Crippen LogP contribution in [0.2, 0.25) is 10.0 Å². The summed E-state index contributed by atoms with van der Waals surface area (Å²) in [7, 11) is 0. The molecule has 2 atom stereocenters. The number of rotatable bonds is 4. The fourth-order valence-corrected chi connectivity index (χ4v) is 4.43. The molecule has 8 nitrogen and oxygen atoms in total. The van der Waals surface area contributed by atoms with Crippen LogP contribution in [0.1, 0.15) is 36.1 Å². The third-order valence-electron chi connectivity index (χ3n) is 5.71. The number of imidazole rings is 1. The van der Waals surface area contributed by atoms with Crippen LogP contribution in [0, 0.1) is 0 Å². The number of halogens is 2. The summed E-state index contributed by atoms with van der Waals surface area (Å²) in [4.78, 5) is 31.5. The van der Waals surface area contributed by atoms with E-state index in [-0.39, 0.29) is 18.1 Å². The SMILES string of the molecule is CC1CN(C(=O)c2cc3ncnc(NC(C)c4nc5ccc(Cl)cc5[nH]4)c3cc2Cl)CCO1. The molecule has 0 aliphatic carbocycles. The third-order valence-corrected chi connectivity index (χ3v) is 6.26. The molecule has 1 fully saturated rings. The Bertz CT molecular complexity index is 1360. The Morgan fingerprint density at radius 2 is 2.09 bits per heavy atom. The van der Waals surface area contributed by atoms with Gasteiger partial charge in [-0.2, -0.15) is 0 Å². The summed E-state index contributed by atoms with van der Waals surface area (Å²) in [5, 5.41) is 5.10. The number of carbonyl (C=O) groups excluding carboxylic acids is 1. The van der Waals surface area contributed by atoms with E-state index >= 15 is 0 Å². The van der Waals surface area contributed by atoms with Gasteiger partial charge >= 0.3 is 0 Å². The van der Waals surface area contributed by atoms with Gasteiger partial charge in [-0.3, -0.25) is 4.79 Å². The Morgan fingerprint density at radius 3 is 2.91 bits per heavy atom. The van der Waals surface area contributed by atoms with Gasteiger partial charge in [-0.1, -0.05) is 23.2 Å². The second-order valence-corrected chi connectivity index (χ2v) is 9.00. The summed E-state index contributed by atoms with van der Waals surface area (Å²) in [5.41, 5.74) is 2.75. The smallest absolute Gasteiger partial charge is 0.255 e. The maximum Gasteiger partial charge on any atom is 0.255 e. The van der Waals surface area contributed by atoms with Crippen LogP contribution in [0.5, 0.6) is 0 Å². The highest BCUT2D eigenvalue weighted by molar-refractivity contribution is 6.35. The molecule has 0 spiro atoms. The fourth-order valence-electron chi connectivity index (χ4n) is 4.01. The minimum atomic E-state index is -0.177. The number of hydrogen-bond acceptors (Lipinski definition) is 6. The summed E-state index contributed by atoms with van der Waals surface area (Å²) >= 11 is 12.6. The zero-order chi connectivity index (χ0) is 23.1. The van der Waals surface area contributed by atoms with Crippen LogP contribution in [0.4, 0.5) is 5.82 Å². The Balaban J connectivity index is 1.44. The molecule has 0 bridgehead atoms. The standard InChI is InChI=1S/C23H22Cl2N6O2/c1-12-10-31(5-6-33-12)23(32)15-9-19-16(8-17(15)25)22(27-11-26-19)28-13(2)21-29-18-4-3-14(24)7-20(18)30-21/h3-4,7-9,11-13H,5-6,10H2,1-2H3,(H,29,30)(H,26,27,28). The van der Waals surface area contributed by atoms with Crippen LogP contribution in [-0.2, 0) is 4.74 Å². The third kappa shape index (κ3) is 4.34. The van der Waals surface area contributed by atoms with E-state index in [4.69, 9.17) is 27.9 Å². The van der Waals surface area contributed by atoms with E-state index in [2.05, 4.69) is 25.3 Å². The van der Waals surface area contributed by atoms with Crippen LogP contribution in [0.3, 0.4) is 0 Å². The number of aromatic amines is 1. The number of morpholine rings is 1. The molecule has 170 valence electrons. The van der Waals surface area contributed by atoms with E-state index in [0.717, 1.165) is 22.2 Å². The summed E-state index contributed by atoms with van der Waals surface area (Å²) < 4.78 is 5.54. The summed E-state index contributed by atoms with van der Waals surface area (Å²) in [6, 6.07) is 8.81. The lowest BCUT2D eigenvalue weighted by Gasteiger charge is -2.31. The van der Waals surface area contributed by atoms with Crippen molar-refractivity contribution in [1.29, 1.82) is 0 Å². The molecule has 33 heavy (non-hydrogen) atoms. The topological polar surface area (TPSA) is 96.0 Å². The minimum absolute atomic E-state index is 0.00387. The number of benzene rings is 2. The van der Waals surface area contributed by atoms with Crippen molar-refractivity contribution in [3.8, 4) is 0 Å². The first-order chi connectivity index (χ1) is 15.9. The number of amides is 1. The lowest BCUT2D eigenvalue weighted by atomic mass is 10.1. The maximum absolute atomic E-state index is 13.1. The number of anilines is 1. The number of H-pyrrole nitrogens is 1. The highest BCUT2D eigenvalue weighted by Crippen LogP contribution is 2.30. The first kappa shape index (κ1) is 21.9. The largest absolute Gasteiger partial charge is 0.375 e. The van der Waals surface area contributed by atoms with Gasteiger partial charge in [-0.25, -0.2) is 15.0 Å². The van der Waals surface area contributed by atoms with E-state index in [1.807, 2.05) is 32.0 Å². The van der Waals surface area contributed by atoms with E-state index in [1.165, 1.54) is 6.33 Å². The molecule has 10 heteroatoms. The van der Waals surface area contributed by atoms with Gasteiger partial charge in [0.15, 0.2) is 0 Å². The summed E-state index contributed by atoms with van der Waals surface area (Å²) in [5.74, 6) is 1.23. The number of nitrogens with zero attached hydrogens (tertiary/aromatic N) is 4. The van der Waals surface area contributed by atoms with Gasteiger partial charge in [0.1, 0.15) is 18.0 Å². The Kier molecular flexibility index (Phi) is 5.82. The predicted octanol–water partition coefficient (Wildman–Crippen LogP) is 4.85. The molecule has 2 N–H and O–H groups in total. The average molecular weight is 485 g/mol. The van der Waals surface area contributed by atoms with Gasteiger partial charge in [0, 0.05) is 23.5 Å². The number of ether oxygens (including phenoxy) is 1. The monoisotopic (exact) mass is 484 g/mol. The second-order valence-electron chi connectivity index (χ2n) is 8.15. The quantitative estimate of drug-likeness (QED) is 0.429. The van der Waals surface area contributed by atoms with Crippen molar-refractivity contribution in [2.24, 2.45) is 0 Å². The van der Waals surface area contributed by atoms with Gasteiger partial charge in [0.05, 0.1) is 45.9 Å². The van der Waals surface area contributed by atoms with E-state index in [0.29, 0.717) is 46.6 Å². The number of fused-ring (bicyclic) bond motifs is 2. The predicted molar refractivity (Wildman–Crippen MR) is 129 cm³/mol. The molecule has 3 heterocycles. The lowest BCUT2D eigenvalue weighted by Crippen LogP contribution is -2.44. The number of carbonyl (C=O) groups is 1. The van der Waals surface area contributed by atoms with Gasteiger partial charge < -0.3 is 19.9 Å². The molecule has 4 aromatic rings. The molecule has 2 aromatic carbocycles. The van der Waals surface area contributed by atoms with Crippen molar-refractivity contribution in [2.75, 3.05) is 25.0 Å². The number of aromatic nitrogens is 4. The van der Waals surface area contributed by atoms with Gasteiger partial charge in [-0.05, 0) is 44.2 Å². The van der Waals surface area contributed by atoms with Crippen molar-refractivity contribution >= 4 is 56.9 Å². The van der Waals surface area contributed by atoms with E-state index in [9.17, 15) is 4.79 Å². The van der Waals surface area contributed by atoms with E-state index in [1.54, 1.807) is 17.0 Å². The average Bonchev–Trinajstić information content (AvgIpc) is 3.22. The van der Waals surface area contributed by atoms with Crippen LogP contribution in [0.25, 0.3) is 21.9 Å². The molecule has 2 aromatic heterocycles. The Morgan fingerprint density at radius 1 is 1.24 bits per heavy atom. The normalized spacial score (nSPS) is 17.5. The number of hydrogen-bond donors (Lipinski definition) is 2. The van der Waals surface area contributed by atoms with Crippen molar-refractivity contribution in [3.05, 3.63) is 58.1 Å². The lowest BCUT2D eigenvalue weighted by molar-refractivity contribution is -0.0124. The second kappa shape index (κ2) is 8.78. The van der Waals surface area contributed by atoms with Crippen molar-refractivity contribution in [1.82, 2.24) is 24.8 Å². The Hall–Kier alpha value is -2.94. The molecule has 1 saturated heterocycles. The zero-order valence-corrected chi connectivity index (χ0v) is 19.6. The minimum Gasteiger partial charge on any atom is -0.375 e. The summed E-state index contributed by atoms with van der Waals surface area (Å²) in [6.07, 6.45) is 1.46. The van der Waals surface area contributed by atoms with Crippen LogP contribution in [-0.4, -0.2) is 56.5 Å². The molecule has 2 unspecified atom stereocenters. The maximum atomic E-state index is 13.1. The summed E-state index contributed by atoms with van der Waals surface area (Å²) in [6.45, 7) is 5.51. The number of nitrogens with one attached hydrogen (secondary N) is 2. The fraction of sp³-hybridized carbons (Fsp3) is 0.304. The van der Waals surface area contributed by atoms with Gasteiger partial charge in [0.25, 0.3) is 5.91 Å². The van der Waals surface area contributed by atoms with Crippen LogP contribution in [0.15, 0.2) is 36.7 Å².